The van der Waals surface area contributed by atoms with E-state index in [1.807, 2.05) is 32.0 Å². The van der Waals surface area contributed by atoms with Crippen LogP contribution in [0.5, 0.6) is 0 Å². The minimum atomic E-state index is -0.154. The van der Waals surface area contributed by atoms with Gasteiger partial charge >= 0.3 is 6.03 Å². The number of aryl methyl sites for hydroxylation is 2. The van der Waals surface area contributed by atoms with E-state index in [-0.39, 0.29) is 6.03 Å². The van der Waals surface area contributed by atoms with E-state index in [9.17, 15) is 4.79 Å². The van der Waals surface area contributed by atoms with Crippen molar-refractivity contribution in [2.24, 2.45) is 5.92 Å². The summed E-state index contributed by atoms with van der Waals surface area (Å²) in [5.41, 5.74) is 3.40. The first-order chi connectivity index (χ1) is 12.0. The van der Waals surface area contributed by atoms with Gasteiger partial charge in [-0.3, -0.25) is 0 Å². The van der Waals surface area contributed by atoms with Gasteiger partial charge in [0.25, 0.3) is 0 Å². The molecule has 6 nitrogen and oxygen atoms in total. The Kier molecular flexibility index (Phi) is 5.38. The molecule has 0 radical (unpaired) electrons. The number of hydrogen-bond donors (Lipinski definition) is 1. The Morgan fingerprint density at radius 2 is 2.20 bits per heavy atom. The number of amides is 2. The molecule has 1 aromatic carbocycles. The van der Waals surface area contributed by atoms with Gasteiger partial charge in [0, 0.05) is 31.5 Å². The molecule has 2 aromatic rings. The van der Waals surface area contributed by atoms with Gasteiger partial charge < -0.3 is 19.4 Å². The first-order valence-electron chi connectivity index (χ1n) is 8.66. The van der Waals surface area contributed by atoms with Crippen molar-refractivity contribution >= 4 is 11.7 Å². The Morgan fingerprint density at radius 1 is 1.40 bits per heavy atom. The summed E-state index contributed by atoms with van der Waals surface area (Å²) in [5, 5.41) is 2.95. The van der Waals surface area contributed by atoms with Crippen LogP contribution < -0.4 is 5.32 Å². The van der Waals surface area contributed by atoms with Gasteiger partial charge in [0.2, 0.25) is 5.89 Å². The van der Waals surface area contributed by atoms with Crippen LogP contribution in [0.2, 0.25) is 0 Å². The monoisotopic (exact) mass is 343 g/mol. The number of aromatic nitrogens is 1. The van der Waals surface area contributed by atoms with Crippen molar-refractivity contribution in [3.8, 4) is 11.5 Å². The van der Waals surface area contributed by atoms with E-state index < -0.39 is 0 Å². The number of anilines is 1. The molecule has 0 saturated heterocycles. The molecule has 1 heterocycles. The van der Waals surface area contributed by atoms with Gasteiger partial charge in [-0.15, -0.1) is 0 Å². The molecule has 0 aliphatic heterocycles. The standard InChI is InChI=1S/C19H25N3O3/c1-13-4-7-16(18-20-14(2)11-25-18)10-17(13)21-19(23)22(3)8-9-24-12-15-5-6-15/h4,7,10-11,15H,5-6,8-9,12H2,1-3H3,(H,21,23). The molecule has 1 saturated carbocycles. The second kappa shape index (κ2) is 7.70. The topological polar surface area (TPSA) is 67.6 Å². The van der Waals surface area contributed by atoms with Crippen LogP contribution in [0.4, 0.5) is 10.5 Å². The highest BCUT2D eigenvalue weighted by Gasteiger charge is 2.21. The molecule has 1 aromatic heterocycles. The minimum Gasteiger partial charge on any atom is -0.444 e. The van der Waals surface area contributed by atoms with Gasteiger partial charge in [-0.2, -0.15) is 0 Å². The van der Waals surface area contributed by atoms with Gasteiger partial charge in [0.05, 0.1) is 12.3 Å². The maximum atomic E-state index is 12.4. The molecule has 1 aliphatic carbocycles. The molecule has 25 heavy (non-hydrogen) atoms. The summed E-state index contributed by atoms with van der Waals surface area (Å²) in [7, 11) is 1.77. The van der Waals surface area contributed by atoms with Gasteiger partial charge in [0.1, 0.15) is 6.26 Å². The third kappa shape index (κ3) is 4.82. The first kappa shape index (κ1) is 17.5. The largest absolute Gasteiger partial charge is 0.444 e. The summed E-state index contributed by atoms with van der Waals surface area (Å²) in [6.07, 6.45) is 4.16. The molecule has 6 heteroatoms. The van der Waals surface area contributed by atoms with Crippen molar-refractivity contribution in [1.29, 1.82) is 0 Å². The Labute approximate surface area is 148 Å². The summed E-state index contributed by atoms with van der Waals surface area (Å²) >= 11 is 0. The van der Waals surface area contributed by atoms with Crippen LogP contribution in [0.1, 0.15) is 24.1 Å². The lowest BCUT2D eigenvalue weighted by atomic mass is 10.1. The van der Waals surface area contributed by atoms with Gasteiger partial charge in [0.15, 0.2) is 0 Å². The minimum absolute atomic E-state index is 0.154. The number of carbonyl (C=O) groups excluding carboxylic acids is 1. The lowest BCUT2D eigenvalue weighted by Gasteiger charge is -2.19. The summed E-state index contributed by atoms with van der Waals surface area (Å²) < 4.78 is 11.0. The molecular formula is C19H25N3O3. The van der Waals surface area contributed by atoms with Crippen LogP contribution in [-0.4, -0.2) is 42.7 Å². The van der Waals surface area contributed by atoms with Crippen molar-refractivity contribution in [2.45, 2.75) is 26.7 Å². The molecule has 0 atom stereocenters. The van der Waals surface area contributed by atoms with Crippen LogP contribution in [0, 0.1) is 19.8 Å². The molecule has 0 bridgehead atoms. The predicted octanol–water partition coefficient (Wildman–Crippen LogP) is 3.85. The number of hydrogen-bond acceptors (Lipinski definition) is 4. The normalized spacial score (nSPS) is 13.7. The highest BCUT2D eigenvalue weighted by molar-refractivity contribution is 5.90. The summed E-state index contributed by atoms with van der Waals surface area (Å²) in [5.74, 6) is 1.29. The molecule has 3 rings (SSSR count). The fourth-order valence-electron chi connectivity index (χ4n) is 2.42. The van der Waals surface area contributed by atoms with Crippen molar-refractivity contribution in [2.75, 3.05) is 32.1 Å². The number of nitrogens with one attached hydrogen (secondary N) is 1. The van der Waals surface area contributed by atoms with E-state index in [1.165, 1.54) is 12.8 Å². The molecule has 0 unspecified atom stereocenters. The maximum Gasteiger partial charge on any atom is 0.321 e. The van der Waals surface area contributed by atoms with Gasteiger partial charge in [-0.1, -0.05) is 6.07 Å². The first-order valence-corrected chi connectivity index (χ1v) is 8.66. The average molecular weight is 343 g/mol. The number of urea groups is 1. The van der Waals surface area contributed by atoms with Crippen LogP contribution in [-0.2, 0) is 4.74 Å². The number of ether oxygens (including phenoxy) is 1. The van der Waals surface area contributed by atoms with E-state index in [4.69, 9.17) is 9.15 Å². The number of nitrogens with zero attached hydrogens (tertiary/aromatic N) is 2. The van der Waals surface area contributed by atoms with Crippen LogP contribution in [0.15, 0.2) is 28.9 Å². The SMILES string of the molecule is Cc1coc(-c2ccc(C)c(NC(=O)N(C)CCOCC3CC3)c2)n1. The predicted molar refractivity (Wildman–Crippen MR) is 96.6 cm³/mol. The van der Waals surface area contributed by atoms with Crippen LogP contribution >= 0.6 is 0 Å². The molecule has 2 amide bonds. The second-order valence-electron chi connectivity index (χ2n) is 6.69. The highest BCUT2D eigenvalue weighted by atomic mass is 16.5. The van der Waals surface area contributed by atoms with Crippen molar-refractivity contribution in [3.63, 3.8) is 0 Å². The zero-order valence-electron chi connectivity index (χ0n) is 15.0. The van der Waals surface area contributed by atoms with Crippen molar-refractivity contribution in [3.05, 3.63) is 35.7 Å². The molecule has 1 fully saturated rings. The number of benzene rings is 1. The van der Waals surface area contributed by atoms with E-state index >= 15 is 0 Å². The number of likely N-dealkylation sites (N-methyl/N-ethyl adjacent to an activating group) is 1. The Bertz CT molecular complexity index is 737. The van der Waals surface area contributed by atoms with Gasteiger partial charge in [-0.25, -0.2) is 9.78 Å². The molecular weight excluding hydrogens is 318 g/mol. The molecule has 1 aliphatic rings. The zero-order valence-corrected chi connectivity index (χ0v) is 15.0. The van der Waals surface area contributed by atoms with E-state index in [0.29, 0.717) is 19.0 Å². The van der Waals surface area contributed by atoms with Crippen LogP contribution in [0.25, 0.3) is 11.5 Å². The van der Waals surface area contributed by atoms with Crippen molar-refractivity contribution in [1.82, 2.24) is 9.88 Å². The number of rotatable bonds is 7. The lowest BCUT2D eigenvalue weighted by Crippen LogP contribution is -2.34. The smallest absolute Gasteiger partial charge is 0.321 e. The van der Waals surface area contributed by atoms with E-state index in [2.05, 4.69) is 10.3 Å². The fourth-order valence-corrected chi connectivity index (χ4v) is 2.42. The van der Waals surface area contributed by atoms with Gasteiger partial charge in [-0.05, 0) is 50.3 Å². The maximum absolute atomic E-state index is 12.4. The average Bonchev–Trinajstić information content (AvgIpc) is 3.32. The van der Waals surface area contributed by atoms with E-state index in [0.717, 1.165) is 35.0 Å². The summed E-state index contributed by atoms with van der Waals surface area (Å²) in [6, 6.07) is 5.61. The summed E-state index contributed by atoms with van der Waals surface area (Å²) in [6.45, 7) is 5.78. The van der Waals surface area contributed by atoms with Crippen molar-refractivity contribution < 1.29 is 13.9 Å². The Morgan fingerprint density at radius 3 is 2.88 bits per heavy atom. The van der Waals surface area contributed by atoms with E-state index in [1.54, 1.807) is 18.2 Å². The lowest BCUT2D eigenvalue weighted by molar-refractivity contribution is 0.109. The molecule has 1 N–H and O–H groups in total. The number of carbonyl (C=O) groups is 1. The van der Waals surface area contributed by atoms with Crippen LogP contribution in [0.3, 0.4) is 0 Å². The quantitative estimate of drug-likeness (QED) is 0.776. The molecule has 134 valence electrons. The zero-order chi connectivity index (χ0) is 17.8. The third-order valence-corrected chi connectivity index (χ3v) is 4.31. The second-order valence-corrected chi connectivity index (χ2v) is 6.69. The highest BCUT2D eigenvalue weighted by Crippen LogP contribution is 2.28. The Balaban J connectivity index is 1.57. The Hall–Kier alpha value is -2.34. The number of oxazole rings is 1. The fraction of sp³-hybridized carbons (Fsp3) is 0.474. The molecule has 0 spiro atoms. The third-order valence-electron chi connectivity index (χ3n) is 4.31. The summed E-state index contributed by atoms with van der Waals surface area (Å²) in [4.78, 5) is 18.3.